The van der Waals surface area contributed by atoms with Crippen molar-refractivity contribution in [1.82, 2.24) is 14.9 Å². The third kappa shape index (κ3) is 5.90. The van der Waals surface area contributed by atoms with E-state index in [1.54, 1.807) is 17.0 Å². The van der Waals surface area contributed by atoms with Gasteiger partial charge in [-0.1, -0.05) is 39.3 Å². The number of hydrogen-bond acceptors (Lipinski definition) is 4. The van der Waals surface area contributed by atoms with Gasteiger partial charge in [-0.2, -0.15) is 0 Å². The fourth-order valence-corrected chi connectivity index (χ4v) is 3.15. The second-order valence-electron chi connectivity index (χ2n) is 7.29. The van der Waals surface area contributed by atoms with Crippen molar-refractivity contribution in [3.63, 3.8) is 0 Å². The van der Waals surface area contributed by atoms with Crippen molar-refractivity contribution < 1.29 is 4.39 Å². The number of nitrogen functional groups attached to an aromatic ring is 1. The molecule has 0 aliphatic rings. The Morgan fingerprint density at radius 2 is 1.97 bits per heavy atom. The van der Waals surface area contributed by atoms with Gasteiger partial charge >= 0.3 is 5.69 Å². The molecule has 0 bridgehead atoms. The fourth-order valence-electron chi connectivity index (χ4n) is 2.89. The summed E-state index contributed by atoms with van der Waals surface area (Å²) < 4.78 is 14.5. The summed E-state index contributed by atoms with van der Waals surface area (Å²) in [7, 11) is 0. The molecule has 0 unspecified atom stereocenters. The number of anilines is 2. The molecule has 0 radical (unpaired) electrons. The summed E-state index contributed by atoms with van der Waals surface area (Å²) in [6, 6.07) is 6.06. The topological polar surface area (TPSA) is 96.2 Å². The number of hydrogen-bond donors (Lipinski definition) is 3. The lowest BCUT2D eigenvalue weighted by molar-refractivity contribution is 0.507. The zero-order valence-corrected chi connectivity index (χ0v) is 17.8. The van der Waals surface area contributed by atoms with Crippen LogP contribution in [0.1, 0.15) is 39.2 Å². The minimum atomic E-state index is -0.574. The van der Waals surface area contributed by atoms with Gasteiger partial charge in [0.2, 0.25) is 0 Å². The second-order valence-corrected chi connectivity index (χ2v) is 7.67. The normalized spacial score (nSPS) is 10.9. The lowest BCUT2D eigenvalue weighted by Gasteiger charge is -2.27. The minimum absolute atomic E-state index is 0.0921. The maximum Gasteiger partial charge on any atom is 0.330 e. The molecule has 0 atom stereocenters. The van der Waals surface area contributed by atoms with Crippen LogP contribution in [-0.4, -0.2) is 21.2 Å². The number of unbranched alkanes of at least 4 members (excludes halogenated alkanes) is 1. The minimum Gasteiger partial charge on any atom is -0.383 e. The van der Waals surface area contributed by atoms with E-state index < -0.39 is 11.2 Å². The highest BCUT2D eigenvalue weighted by molar-refractivity contribution is 7.80. The third-order valence-corrected chi connectivity index (χ3v) is 4.73. The Labute approximate surface area is 174 Å². The van der Waals surface area contributed by atoms with Crippen LogP contribution in [0.4, 0.5) is 15.9 Å². The number of rotatable bonds is 8. The van der Waals surface area contributed by atoms with Gasteiger partial charge in [-0.05, 0) is 42.3 Å². The van der Waals surface area contributed by atoms with Gasteiger partial charge in [0, 0.05) is 19.6 Å². The zero-order chi connectivity index (χ0) is 21.6. The van der Waals surface area contributed by atoms with E-state index in [0.29, 0.717) is 24.7 Å². The number of aromatic nitrogens is 2. The third-order valence-electron chi connectivity index (χ3n) is 4.37. The fraction of sp³-hybridized carbons (Fsp3) is 0.450. The number of nitrogens with two attached hydrogens (primary N) is 1. The van der Waals surface area contributed by atoms with Crippen LogP contribution in [0.2, 0.25) is 0 Å². The highest BCUT2D eigenvalue weighted by Crippen LogP contribution is 2.19. The molecule has 1 aromatic carbocycles. The molecular weight excluding hydrogens is 393 g/mol. The van der Waals surface area contributed by atoms with Crippen LogP contribution in [0.25, 0.3) is 0 Å². The highest BCUT2D eigenvalue weighted by Gasteiger charge is 2.22. The summed E-state index contributed by atoms with van der Waals surface area (Å²) in [6.07, 6.45) is 1.67. The first-order valence-electron chi connectivity index (χ1n) is 9.67. The van der Waals surface area contributed by atoms with Gasteiger partial charge < -0.3 is 16.0 Å². The number of aromatic amines is 1. The molecule has 0 saturated heterocycles. The average molecular weight is 422 g/mol. The first kappa shape index (κ1) is 22.6. The predicted octanol–water partition coefficient (Wildman–Crippen LogP) is 2.60. The zero-order valence-electron chi connectivity index (χ0n) is 17.0. The van der Waals surface area contributed by atoms with Crippen molar-refractivity contribution in [3.8, 4) is 0 Å². The molecule has 0 amide bonds. The summed E-state index contributed by atoms with van der Waals surface area (Å²) in [6.45, 7) is 7.16. The van der Waals surface area contributed by atoms with Crippen LogP contribution in [0.15, 0.2) is 33.9 Å². The number of thiocarbonyl (C=S) groups is 1. The average Bonchev–Trinajstić information content (AvgIpc) is 2.66. The van der Waals surface area contributed by atoms with Crippen LogP contribution >= 0.6 is 12.2 Å². The van der Waals surface area contributed by atoms with E-state index in [2.05, 4.69) is 10.3 Å². The molecule has 1 aromatic heterocycles. The van der Waals surface area contributed by atoms with Gasteiger partial charge in [-0.15, -0.1) is 0 Å². The van der Waals surface area contributed by atoms with Crippen molar-refractivity contribution >= 4 is 28.8 Å². The van der Waals surface area contributed by atoms with E-state index in [1.807, 2.05) is 20.8 Å². The summed E-state index contributed by atoms with van der Waals surface area (Å²) >= 11 is 5.52. The van der Waals surface area contributed by atoms with Crippen LogP contribution < -0.4 is 27.2 Å². The Kier molecular flexibility index (Phi) is 7.95. The maximum atomic E-state index is 13.1. The standard InChI is InChI=1S/C20H28FN5O2S/c1-4-5-10-25(20(29)23-11-14-6-8-15(21)9-7-14)16-17(22)26(12-13(2)3)19(28)24-18(16)27/h6-9,13H,4-5,10-12,22H2,1-3H3,(H,23,29)(H,24,27,28). The first-order valence-corrected chi connectivity index (χ1v) is 10.1. The lowest BCUT2D eigenvalue weighted by Crippen LogP contribution is -2.45. The van der Waals surface area contributed by atoms with Gasteiger partial charge in [0.1, 0.15) is 11.6 Å². The van der Waals surface area contributed by atoms with E-state index >= 15 is 0 Å². The molecule has 1 heterocycles. The van der Waals surface area contributed by atoms with Crippen LogP contribution in [0, 0.1) is 11.7 Å². The molecule has 9 heteroatoms. The Hall–Kier alpha value is -2.68. The van der Waals surface area contributed by atoms with Gasteiger partial charge in [0.25, 0.3) is 5.56 Å². The van der Waals surface area contributed by atoms with Crippen LogP contribution in [0.5, 0.6) is 0 Å². The van der Waals surface area contributed by atoms with Gasteiger partial charge in [-0.25, -0.2) is 9.18 Å². The van der Waals surface area contributed by atoms with Crippen molar-refractivity contribution in [1.29, 1.82) is 0 Å². The molecule has 0 spiro atoms. The van der Waals surface area contributed by atoms with E-state index in [4.69, 9.17) is 18.0 Å². The number of nitrogens with zero attached hydrogens (tertiary/aromatic N) is 2. The molecule has 2 rings (SSSR count). The Balaban J connectivity index is 2.35. The summed E-state index contributed by atoms with van der Waals surface area (Å²) in [5.41, 5.74) is 6.13. The SMILES string of the molecule is CCCCN(C(=S)NCc1ccc(F)cc1)c1c(N)n(CC(C)C)c(=O)[nH]c1=O. The van der Waals surface area contributed by atoms with Crippen LogP contribution in [0.3, 0.4) is 0 Å². The molecule has 158 valence electrons. The quantitative estimate of drug-likeness (QED) is 0.567. The van der Waals surface area contributed by atoms with E-state index in [0.717, 1.165) is 18.4 Å². The predicted molar refractivity (Wildman–Crippen MR) is 119 cm³/mol. The van der Waals surface area contributed by atoms with Gasteiger partial charge in [-0.3, -0.25) is 14.3 Å². The number of H-pyrrole nitrogens is 1. The number of halogens is 1. The Morgan fingerprint density at radius 3 is 2.55 bits per heavy atom. The molecule has 0 aliphatic carbocycles. The van der Waals surface area contributed by atoms with Crippen molar-refractivity contribution in [3.05, 3.63) is 56.5 Å². The first-order chi connectivity index (χ1) is 13.7. The molecule has 4 N–H and O–H groups in total. The molecule has 0 fully saturated rings. The van der Waals surface area contributed by atoms with Crippen molar-refractivity contribution in [2.24, 2.45) is 5.92 Å². The van der Waals surface area contributed by atoms with E-state index in [-0.39, 0.29) is 23.2 Å². The van der Waals surface area contributed by atoms with E-state index in [9.17, 15) is 14.0 Å². The second kappa shape index (κ2) is 10.2. The largest absolute Gasteiger partial charge is 0.383 e. The number of nitrogens with one attached hydrogen (secondary N) is 2. The van der Waals surface area contributed by atoms with Gasteiger partial charge in [0.05, 0.1) is 0 Å². The maximum absolute atomic E-state index is 13.1. The van der Waals surface area contributed by atoms with Crippen LogP contribution in [-0.2, 0) is 13.1 Å². The smallest absolute Gasteiger partial charge is 0.330 e. The molecular formula is C20H28FN5O2S. The molecule has 29 heavy (non-hydrogen) atoms. The van der Waals surface area contributed by atoms with E-state index in [1.165, 1.54) is 16.7 Å². The number of benzene rings is 1. The van der Waals surface area contributed by atoms with Crippen molar-refractivity contribution in [2.45, 2.75) is 46.7 Å². The summed E-state index contributed by atoms with van der Waals surface area (Å²) in [5.74, 6) is -0.0523. The van der Waals surface area contributed by atoms with Gasteiger partial charge in [0.15, 0.2) is 10.8 Å². The Morgan fingerprint density at radius 1 is 1.31 bits per heavy atom. The Bertz CT molecular complexity index is 953. The molecule has 7 nitrogen and oxygen atoms in total. The molecule has 0 aliphatic heterocycles. The monoisotopic (exact) mass is 421 g/mol. The summed E-state index contributed by atoms with van der Waals surface area (Å²) in [4.78, 5) is 28.8. The lowest BCUT2D eigenvalue weighted by atomic mass is 10.2. The molecule has 0 saturated carbocycles. The molecule has 2 aromatic rings. The summed E-state index contributed by atoms with van der Waals surface area (Å²) in [5, 5.41) is 3.41. The van der Waals surface area contributed by atoms with Crippen molar-refractivity contribution in [2.75, 3.05) is 17.2 Å². The highest BCUT2D eigenvalue weighted by atomic mass is 32.1.